The second-order valence-electron chi connectivity index (χ2n) is 3.93. The van der Waals surface area contributed by atoms with Gasteiger partial charge in [0.25, 0.3) is 0 Å². The number of hydrogen-bond donors (Lipinski definition) is 1. The number of hydrogen-bond acceptors (Lipinski definition) is 2. The van der Waals surface area contributed by atoms with Crippen LogP contribution >= 0.6 is 0 Å². The standard InChI is InChI=1S/C8H16O2/c1-8(2,6-9)3-7-4-10-5-7/h7,9H,3-6H2,1-2H3. The third kappa shape index (κ3) is 1.96. The predicted octanol–water partition coefficient (Wildman–Crippen LogP) is 1.04. The van der Waals surface area contributed by atoms with E-state index in [1.54, 1.807) is 0 Å². The summed E-state index contributed by atoms with van der Waals surface area (Å²) < 4.78 is 5.04. The lowest BCUT2D eigenvalue weighted by Crippen LogP contribution is -2.33. The first-order chi connectivity index (χ1) is 4.64. The minimum atomic E-state index is 0.0917. The van der Waals surface area contributed by atoms with Gasteiger partial charge in [0.15, 0.2) is 0 Å². The molecule has 60 valence electrons. The lowest BCUT2D eigenvalue weighted by molar-refractivity contribution is -0.0562. The fourth-order valence-electron chi connectivity index (χ4n) is 1.25. The Morgan fingerprint density at radius 1 is 1.50 bits per heavy atom. The van der Waals surface area contributed by atoms with Crippen LogP contribution in [0.2, 0.25) is 0 Å². The van der Waals surface area contributed by atoms with Gasteiger partial charge in [-0.05, 0) is 11.8 Å². The van der Waals surface area contributed by atoms with E-state index in [0.29, 0.717) is 5.92 Å². The van der Waals surface area contributed by atoms with Gasteiger partial charge < -0.3 is 9.84 Å². The molecule has 0 aliphatic carbocycles. The van der Waals surface area contributed by atoms with Crippen LogP contribution in [0.15, 0.2) is 0 Å². The van der Waals surface area contributed by atoms with Crippen molar-refractivity contribution in [3.63, 3.8) is 0 Å². The molecule has 0 aromatic carbocycles. The summed E-state index contributed by atoms with van der Waals surface area (Å²) in [7, 11) is 0. The molecule has 0 aromatic heterocycles. The molecular weight excluding hydrogens is 128 g/mol. The first-order valence-corrected chi connectivity index (χ1v) is 3.83. The van der Waals surface area contributed by atoms with E-state index >= 15 is 0 Å². The molecule has 10 heavy (non-hydrogen) atoms. The monoisotopic (exact) mass is 144 g/mol. The van der Waals surface area contributed by atoms with Crippen molar-refractivity contribution in [1.29, 1.82) is 0 Å². The van der Waals surface area contributed by atoms with Crippen LogP contribution in [0.4, 0.5) is 0 Å². The van der Waals surface area contributed by atoms with Gasteiger partial charge in [0.05, 0.1) is 13.2 Å². The maximum absolute atomic E-state index is 8.92. The van der Waals surface area contributed by atoms with Crippen molar-refractivity contribution in [2.45, 2.75) is 20.3 Å². The Morgan fingerprint density at radius 2 is 2.10 bits per heavy atom. The SMILES string of the molecule is CC(C)(CO)CC1COC1. The van der Waals surface area contributed by atoms with E-state index < -0.39 is 0 Å². The molecule has 0 radical (unpaired) electrons. The van der Waals surface area contributed by atoms with E-state index in [-0.39, 0.29) is 12.0 Å². The quantitative estimate of drug-likeness (QED) is 0.641. The Balaban J connectivity index is 2.21. The molecule has 1 aliphatic heterocycles. The first-order valence-electron chi connectivity index (χ1n) is 3.83. The summed E-state index contributed by atoms with van der Waals surface area (Å²) in [4.78, 5) is 0. The van der Waals surface area contributed by atoms with Crippen molar-refractivity contribution in [3.05, 3.63) is 0 Å². The topological polar surface area (TPSA) is 29.5 Å². The van der Waals surface area contributed by atoms with Crippen LogP contribution in [-0.4, -0.2) is 24.9 Å². The molecule has 1 fully saturated rings. The second kappa shape index (κ2) is 2.89. The Morgan fingerprint density at radius 3 is 2.40 bits per heavy atom. The molecule has 0 bridgehead atoms. The molecular formula is C8H16O2. The highest BCUT2D eigenvalue weighted by Gasteiger charge is 2.27. The van der Waals surface area contributed by atoms with Gasteiger partial charge in [-0.25, -0.2) is 0 Å². The first kappa shape index (κ1) is 8.02. The van der Waals surface area contributed by atoms with Crippen molar-refractivity contribution in [2.24, 2.45) is 11.3 Å². The molecule has 1 saturated heterocycles. The van der Waals surface area contributed by atoms with Crippen LogP contribution in [0, 0.1) is 11.3 Å². The molecule has 0 atom stereocenters. The summed E-state index contributed by atoms with van der Waals surface area (Å²) in [5.74, 6) is 0.696. The lowest BCUT2D eigenvalue weighted by atomic mass is 9.83. The zero-order valence-electron chi connectivity index (χ0n) is 6.76. The van der Waals surface area contributed by atoms with Gasteiger partial charge in [0.2, 0.25) is 0 Å². The van der Waals surface area contributed by atoms with Crippen LogP contribution in [0.1, 0.15) is 20.3 Å². The normalized spacial score (nSPS) is 20.7. The van der Waals surface area contributed by atoms with E-state index in [4.69, 9.17) is 9.84 Å². The zero-order chi connectivity index (χ0) is 7.61. The smallest absolute Gasteiger partial charge is 0.0516 e. The molecule has 1 heterocycles. The molecule has 0 aromatic rings. The van der Waals surface area contributed by atoms with E-state index in [2.05, 4.69) is 13.8 Å². The van der Waals surface area contributed by atoms with Crippen LogP contribution < -0.4 is 0 Å². The number of aliphatic hydroxyl groups is 1. The van der Waals surface area contributed by atoms with Gasteiger partial charge in [0, 0.05) is 12.5 Å². The van der Waals surface area contributed by atoms with Crippen LogP contribution in [0.5, 0.6) is 0 Å². The summed E-state index contributed by atoms with van der Waals surface area (Å²) in [5, 5.41) is 8.92. The third-order valence-corrected chi connectivity index (χ3v) is 1.98. The van der Waals surface area contributed by atoms with Gasteiger partial charge >= 0.3 is 0 Å². The fraction of sp³-hybridized carbons (Fsp3) is 1.00. The zero-order valence-corrected chi connectivity index (χ0v) is 6.76. The summed E-state index contributed by atoms with van der Waals surface area (Å²) >= 11 is 0. The minimum Gasteiger partial charge on any atom is -0.396 e. The van der Waals surface area contributed by atoms with Gasteiger partial charge in [-0.1, -0.05) is 13.8 Å². The maximum Gasteiger partial charge on any atom is 0.0516 e. The van der Waals surface area contributed by atoms with Gasteiger partial charge in [-0.2, -0.15) is 0 Å². The number of ether oxygens (including phenoxy) is 1. The summed E-state index contributed by atoms with van der Waals surface area (Å²) in [6.07, 6.45) is 1.09. The van der Waals surface area contributed by atoms with E-state index in [9.17, 15) is 0 Å². The number of rotatable bonds is 3. The summed E-state index contributed by atoms with van der Waals surface area (Å²) in [5.41, 5.74) is 0.0917. The Bertz CT molecular complexity index is 106. The Labute approximate surface area is 62.2 Å². The van der Waals surface area contributed by atoms with Crippen LogP contribution in [0.25, 0.3) is 0 Å². The highest BCUT2D eigenvalue weighted by Crippen LogP contribution is 2.28. The molecule has 2 nitrogen and oxygen atoms in total. The molecule has 1 rings (SSSR count). The highest BCUT2D eigenvalue weighted by atomic mass is 16.5. The van der Waals surface area contributed by atoms with Crippen molar-refractivity contribution < 1.29 is 9.84 Å². The molecule has 1 aliphatic rings. The largest absolute Gasteiger partial charge is 0.396 e. The summed E-state index contributed by atoms with van der Waals surface area (Å²) in [6.45, 7) is 6.24. The maximum atomic E-state index is 8.92. The average Bonchev–Trinajstić information content (AvgIpc) is 1.80. The lowest BCUT2D eigenvalue weighted by Gasteiger charge is -2.33. The molecule has 0 unspecified atom stereocenters. The Hall–Kier alpha value is -0.0800. The molecule has 2 heteroatoms. The van der Waals surface area contributed by atoms with Crippen LogP contribution in [0.3, 0.4) is 0 Å². The minimum absolute atomic E-state index is 0.0917. The van der Waals surface area contributed by atoms with Gasteiger partial charge in [-0.3, -0.25) is 0 Å². The predicted molar refractivity (Wildman–Crippen MR) is 39.8 cm³/mol. The molecule has 0 saturated carbocycles. The Kier molecular flexibility index (Phi) is 2.32. The molecule has 1 N–H and O–H groups in total. The fourth-order valence-corrected chi connectivity index (χ4v) is 1.25. The van der Waals surface area contributed by atoms with Crippen molar-refractivity contribution in [2.75, 3.05) is 19.8 Å². The average molecular weight is 144 g/mol. The van der Waals surface area contributed by atoms with E-state index in [1.807, 2.05) is 0 Å². The highest BCUT2D eigenvalue weighted by molar-refractivity contribution is 4.75. The number of aliphatic hydroxyl groups excluding tert-OH is 1. The van der Waals surface area contributed by atoms with Gasteiger partial charge in [0.1, 0.15) is 0 Å². The summed E-state index contributed by atoms with van der Waals surface area (Å²) in [6, 6.07) is 0. The van der Waals surface area contributed by atoms with E-state index in [1.165, 1.54) is 0 Å². The van der Waals surface area contributed by atoms with Crippen molar-refractivity contribution in [3.8, 4) is 0 Å². The van der Waals surface area contributed by atoms with Crippen molar-refractivity contribution in [1.82, 2.24) is 0 Å². The van der Waals surface area contributed by atoms with Crippen LogP contribution in [-0.2, 0) is 4.74 Å². The molecule has 0 spiro atoms. The second-order valence-corrected chi connectivity index (χ2v) is 3.93. The van der Waals surface area contributed by atoms with E-state index in [0.717, 1.165) is 19.6 Å². The third-order valence-electron chi connectivity index (χ3n) is 1.98. The van der Waals surface area contributed by atoms with Gasteiger partial charge in [-0.15, -0.1) is 0 Å². The van der Waals surface area contributed by atoms with Crippen molar-refractivity contribution >= 4 is 0 Å². The molecule has 0 amide bonds.